The summed E-state index contributed by atoms with van der Waals surface area (Å²) in [6, 6.07) is 17.7. The van der Waals surface area contributed by atoms with Gasteiger partial charge in [-0.1, -0.05) is 48.5 Å². The summed E-state index contributed by atoms with van der Waals surface area (Å²) in [5.41, 5.74) is 3.17. The van der Waals surface area contributed by atoms with Crippen molar-refractivity contribution >= 4 is 11.6 Å². The summed E-state index contributed by atoms with van der Waals surface area (Å²) in [6.07, 6.45) is 4.03. The van der Waals surface area contributed by atoms with Crippen molar-refractivity contribution in [1.29, 1.82) is 0 Å². The van der Waals surface area contributed by atoms with Crippen molar-refractivity contribution in [1.82, 2.24) is 19.8 Å². The van der Waals surface area contributed by atoms with Crippen LogP contribution >= 0.6 is 0 Å². The van der Waals surface area contributed by atoms with E-state index in [9.17, 15) is 9.59 Å². The Morgan fingerprint density at radius 1 is 0.903 bits per heavy atom. The smallest absolute Gasteiger partial charge is 0.190 e. The molecule has 1 aliphatic rings. The molecule has 6 nitrogen and oxygen atoms in total. The van der Waals surface area contributed by atoms with Crippen molar-refractivity contribution in [3.63, 3.8) is 0 Å². The maximum Gasteiger partial charge on any atom is 0.190 e. The van der Waals surface area contributed by atoms with Gasteiger partial charge in [-0.05, 0) is 23.6 Å². The van der Waals surface area contributed by atoms with Crippen LogP contribution in [0, 0.1) is 0 Å². The van der Waals surface area contributed by atoms with Gasteiger partial charge in [-0.3, -0.25) is 14.5 Å². The zero-order valence-electron chi connectivity index (χ0n) is 17.7. The molecule has 0 spiro atoms. The molecule has 1 saturated heterocycles. The average molecular weight is 417 g/mol. The number of nitrogens with zero attached hydrogens (tertiary/aromatic N) is 3. The number of ketones is 2. The largest absolute Gasteiger partial charge is 0.335 e. The number of carbonyl (C=O) groups is 2. The lowest BCUT2D eigenvalue weighted by molar-refractivity contribution is 0.0891. The van der Waals surface area contributed by atoms with Gasteiger partial charge in [-0.25, -0.2) is 4.98 Å². The summed E-state index contributed by atoms with van der Waals surface area (Å²) in [5, 5.41) is 3.34. The van der Waals surface area contributed by atoms with Crippen molar-refractivity contribution in [3.8, 4) is 0 Å². The van der Waals surface area contributed by atoms with Gasteiger partial charge in [0.25, 0.3) is 0 Å². The Hall–Kier alpha value is -3.09. The van der Waals surface area contributed by atoms with Crippen molar-refractivity contribution < 1.29 is 9.59 Å². The maximum absolute atomic E-state index is 12.7. The molecule has 1 N–H and O–H groups in total. The van der Waals surface area contributed by atoms with Crippen LogP contribution in [0.5, 0.6) is 0 Å². The van der Waals surface area contributed by atoms with Gasteiger partial charge in [0.2, 0.25) is 0 Å². The summed E-state index contributed by atoms with van der Waals surface area (Å²) in [6.45, 7) is 5.83. The van der Waals surface area contributed by atoms with E-state index in [1.165, 1.54) is 5.56 Å². The van der Waals surface area contributed by atoms with Gasteiger partial charge in [0.05, 0.1) is 12.7 Å². The Kier molecular flexibility index (Phi) is 7.02. The second kappa shape index (κ2) is 10.3. The number of aromatic nitrogens is 2. The van der Waals surface area contributed by atoms with E-state index in [2.05, 4.69) is 27.3 Å². The second-order valence-electron chi connectivity index (χ2n) is 7.97. The monoisotopic (exact) mass is 416 g/mol. The number of carbonyl (C=O) groups excluding carboxylic acids is 2. The molecule has 0 aliphatic carbocycles. The highest BCUT2D eigenvalue weighted by molar-refractivity contribution is 6.12. The third kappa shape index (κ3) is 5.96. The topological polar surface area (TPSA) is 67.2 Å². The van der Waals surface area contributed by atoms with Gasteiger partial charge in [-0.15, -0.1) is 0 Å². The SMILES string of the molecule is O=C(CC(=O)c1cn(CCN2CCNCC2)cn1)c1cccc(Cc2ccccc2)c1. The quantitative estimate of drug-likeness (QED) is 0.429. The Balaban J connectivity index is 1.32. The van der Waals surface area contributed by atoms with Gasteiger partial charge in [0, 0.05) is 51.0 Å². The van der Waals surface area contributed by atoms with Crippen LogP contribution in [0.15, 0.2) is 67.1 Å². The number of Topliss-reactive ketones (excluding diaryl/α,β-unsaturated/α-hetero) is 2. The molecule has 3 aromatic rings. The predicted molar refractivity (Wildman–Crippen MR) is 121 cm³/mol. The lowest BCUT2D eigenvalue weighted by Crippen LogP contribution is -2.44. The zero-order valence-corrected chi connectivity index (χ0v) is 17.7. The zero-order chi connectivity index (χ0) is 21.5. The highest BCUT2D eigenvalue weighted by Gasteiger charge is 2.17. The van der Waals surface area contributed by atoms with Crippen LogP contribution in [0.3, 0.4) is 0 Å². The number of piperazine rings is 1. The second-order valence-corrected chi connectivity index (χ2v) is 7.97. The van der Waals surface area contributed by atoms with Gasteiger partial charge in [-0.2, -0.15) is 0 Å². The van der Waals surface area contributed by atoms with Crippen molar-refractivity contribution in [3.05, 3.63) is 89.5 Å². The summed E-state index contributed by atoms with van der Waals surface area (Å²) >= 11 is 0. The summed E-state index contributed by atoms with van der Waals surface area (Å²) in [4.78, 5) is 31.9. The molecule has 1 fully saturated rings. The number of imidazole rings is 1. The van der Waals surface area contributed by atoms with Gasteiger partial charge in [0.1, 0.15) is 5.69 Å². The number of nitrogens with one attached hydrogen (secondary N) is 1. The number of hydrogen-bond donors (Lipinski definition) is 1. The summed E-state index contributed by atoms with van der Waals surface area (Å²) in [7, 11) is 0. The third-order valence-corrected chi connectivity index (χ3v) is 5.62. The molecular formula is C25H28N4O2. The highest BCUT2D eigenvalue weighted by Crippen LogP contribution is 2.14. The first-order chi connectivity index (χ1) is 15.2. The van der Waals surface area contributed by atoms with E-state index in [0.29, 0.717) is 11.3 Å². The van der Waals surface area contributed by atoms with Crippen LogP contribution in [0.2, 0.25) is 0 Å². The Bertz CT molecular complexity index is 1020. The van der Waals surface area contributed by atoms with Crippen LogP contribution in [-0.4, -0.2) is 58.7 Å². The average Bonchev–Trinajstić information content (AvgIpc) is 3.29. The minimum Gasteiger partial charge on any atom is -0.335 e. The molecule has 4 rings (SSSR count). The third-order valence-electron chi connectivity index (χ3n) is 5.62. The van der Waals surface area contributed by atoms with Crippen LogP contribution < -0.4 is 5.32 Å². The minimum absolute atomic E-state index is 0.163. The predicted octanol–water partition coefficient (Wildman–Crippen LogP) is 2.83. The molecule has 6 heteroatoms. The molecule has 0 radical (unpaired) electrons. The molecule has 1 aromatic heterocycles. The molecule has 0 saturated carbocycles. The molecule has 0 bridgehead atoms. The molecule has 31 heavy (non-hydrogen) atoms. The van der Waals surface area contributed by atoms with Gasteiger partial charge < -0.3 is 9.88 Å². The number of hydrogen-bond acceptors (Lipinski definition) is 5. The van der Waals surface area contributed by atoms with E-state index in [-0.39, 0.29) is 18.0 Å². The molecule has 160 valence electrons. The van der Waals surface area contributed by atoms with E-state index >= 15 is 0 Å². The number of rotatable bonds is 9. The van der Waals surface area contributed by atoms with Crippen LogP contribution in [0.1, 0.15) is 38.4 Å². The lowest BCUT2D eigenvalue weighted by Gasteiger charge is -2.27. The molecule has 1 aliphatic heterocycles. The Morgan fingerprint density at radius 3 is 2.48 bits per heavy atom. The Labute approximate surface area is 182 Å². The van der Waals surface area contributed by atoms with Crippen molar-refractivity contribution in [2.24, 2.45) is 0 Å². The maximum atomic E-state index is 12.7. The first-order valence-electron chi connectivity index (χ1n) is 10.8. The van der Waals surface area contributed by atoms with E-state index < -0.39 is 0 Å². The van der Waals surface area contributed by atoms with E-state index in [4.69, 9.17) is 0 Å². The minimum atomic E-state index is -0.237. The fourth-order valence-electron chi connectivity index (χ4n) is 3.84. The fraction of sp³-hybridized carbons (Fsp3) is 0.320. The normalized spacial score (nSPS) is 14.5. The summed E-state index contributed by atoms with van der Waals surface area (Å²) < 4.78 is 1.93. The highest BCUT2D eigenvalue weighted by atomic mass is 16.1. The number of benzene rings is 2. The lowest BCUT2D eigenvalue weighted by atomic mass is 9.99. The molecule has 2 heterocycles. The van der Waals surface area contributed by atoms with E-state index in [0.717, 1.165) is 51.3 Å². The fourth-order valence-corrected chi connectivity index (χ4v) is 3.84. The first-order valence-corrected chi connectivity index (χ1v) is 10.8. The molecule has 0 unspecified atom stereocenters. The summed E-state index contributed by atoms with van der Waals surface area (Å²) in [5.74, 6) is -0.408. The molecule has 0 atom stereocenters. The molecule has 2 aromatic carbocycles. The van der Waals surface area contributed by atoms with Gasteiger partial charge >= 0.3 is 0 Å². The van der Waals surface area contributed by atoms with E-state index in [1.54, 1.807) is 18.6 Å². The van der Waals surface area contributed by atoms with Crippen LogP contribution in [-0.2, 0) is 13.0 Å². The first kappa shape index (κ1) is 21.2. The van der Waals surface area contributed by atoms with E-state index in [1.807, 2.05) is 41.0 Å². The standard InChI is InChI=1S/C25H28N4O2/c30-24(22-8-4-7-21(16-22)15-20-5-2-1-3-6-20)17-25(31)23-18-29(19-27-23)14-13-28-11-9-26-10-12-28/h1-8,16,18-19,26H,9-15,17H2. The van der Waals surface area contributed by atoms with Crippen molar-refractivity contribution in [2.45, 2.75) is 19.4 Å². The Morgan fingerprint density at radius 2 is 1.68 bits per heavy atom. The van der Waals surface area contributed by atoms with Crippen LogP contribution in [0.4, 0.5) is 0 Å². The van der Waals surface area contributed by atoms with Crippen LogP contribution in [0.25, 0.3) is 0 Å². The molecule has 0 amide bonds. The van der Waals surface area contributed by atoms with Gasteiger partial charge in [0.15, 0.2) is 11.6 Å². The van der Waals surface area contributed by atoms with Crippen molar-refractivity contribution in [2.75, 3.05) is 32.7 Å². The molecular weight excluding hydrogens is 388 g/mol.